The molecule has 1 heterocycles. The number of amides is 2. The highest BCUT2D eigenvalue weighted by Crippen LogP contribution is 2.23. The van der Waals surface area contributed by atoms with E-state index in [-0.39, 0.29) is 12.3 Å². The van der Waals surface area contributed by atoms with Crippen molar-refractivity contribution in [3.8, 4) is 5.75 Å². The molecule has 9 heteroatoms. The Kier molecular flexibility index (Phi) is 4.70. The first kappa shape index (κ1) is 14.3. The van der Waals surface area contributed by atoms with E-state index in [4.69, 9.17) is 9.84 Å². The maximum absolute atomic E-state index is 11.7. The van der Waals surface area contributed by atoms with Gasteiger partial charge in [-0.05, 0) is 12.1 Å². The molecule has 2 rings (SSSR count). The Balaban J connectivity index is 1.92. The molecule has 0 aliphatic rings. The number of urea groups is 1. The molecule has 0 radical (unpaired) electrons. The number of ether oxygens (including phenoxy) is 1. The van der Waals surface area contributed by atoms with Crippen molar-refractivity contribution in [1.82, 2.24) is 20.5 Å². The van der Waals surface area contributed by atoms with Gasteiger partial charge in [-0.3, -0.25) is 5.10 Å². The normalized spacial score (nSPS) is 9.90. The van der Waals surface area contributed by atoms with Crippen LogP contribution >= 0.6 is 0 Å². The zero-order valence-corrected chi connectivity index (χ0v) is 10.9. The molecule has 21 heavy (non-hydrogen) atoms. The second-order valence-corrected chi connectivity index (χ2v) is 3.92. The molecule has 2 amide bonds. The Morgan fingerprint density at radius 3 is 2.86 bits per heavy atom. The number of aromatic nitrogens is 3. The number of rotatable bonds is 6. The fourth-order valence-electron chi connectivity index (χ4n) is 1.48. The third-order valence-electron chi connectivity index (χ3n) is 2.37. The lowest BCUT2D eigenvalue weighted by Gasteiger charge is -2.11. The average Bonchev–Trinajstić information content (AvgIpc) is 2.97. The predicted molar refractivity (Wildman–Crippen MR) is 71.8 cm³/mol. The van der Waals surface area contributed by atoms with Gasteiger partial charge in [0.1, 0.15) is 17.9 Å². The van der Waals surface area contributed by atoms with Crippen molar-refractivity contribution in [3.05, 3.63) is 36.4 Å². The van der Waals surface area contributed by atoms with Gasteiger partial charge in [-0.1, -0.05) is 12.1 Å². The van der Waals surface area contributed by atoms with Gasteiger partial charge in [0.25, 0.3) is 0 Å². The fourth-order valence-corrected chi connectivity index (χ4v) is 1.48. The lowest BCUT2D eigenvalue weighted by atomic mass is 10.3. The minimum Gasteiger partial charge on any atom is -0.480 e. The minimum atomic E-state index is -1.10. The van der Waals surface area contributed by atoms with Gasteiger partial charge < -0.3 is 20.5 Å². The summed E-state index contributed by atoms with van der Waals surface area (Å²) in [5, 5.41) is 20.0. The minimum absolute atomic E-state index is 0.185. The van der Waals surface area contributed by atoms with E-state index in [2.05, 4.69) is 25.8 Å². The average molecular weight is 291 g/mol. The van der Waals surface area contributed by atoms with Gasteiger partial charge in [0, 0.05) is 0 Å². The van der Waals surface area contributed by atoms with Crippen molar-refractivity contribution in [2.24, 2.45) is 0 Å². The van der Waals surface area contributed by atoms with Crippen LogP contribution in [0.5, 0.6) is 5.75 Å². The first-order valence-corrected chi connectivity index (χ1v) is 5.98. The SMILES string of the molecule is O=C(O)COc1ccccc1NC(=O)NCc1ncn[nH]1. The highest BCUT2D eigenvalue weighted by molar-refractivity contribution is 5.90. The Morgan fingerprint density at radius 1 is 1.33 bits per heavy atom. The van der Waals surface area contributed by atoms with E-state index in [1.54, 1.807) is 24.3 Å². The summed E-state index contributed by atoms with van der Waals surface area (Å²) >= 11 is 0. The van der Waals surface area contributed by atoms with Crippen LogP contribution in [0.2, 0.25) is 0 Å². The molecule has 9 nitrogen and oxygen atoms in total. The van der Waals surface area contributed by atoms with Crippen molar-refractivity contribution < 1.29 is 19.4 Å². The molecule has 0 fully saturated rings. The molecule has 0 saturated heterocycles. The van der Waals surface area contributed by atoms with Crippen molar-refractivity contribution in [3.63, 3.8) is 0 Å². The molecule has 0 atom stereocenters. The number of H-pyrrole nitrogens is 1. The summed E-state index contributed by atoms with van der Waals surface area (Å²) in [7, 11) is 0. The Hall–Kier alpha value is -3.10. The molecule has 4 N–H and O–H groups in total. The van der Waals surface area contributed by atoms with E-state index in [1.807, 2.05) is 0 Å². The highest BCUT2D eigenvalue weighted by Gasteiger charge is 2.09. The maximum Gasteiger partial charge on any atom is 0.341 e. The second-order valence-electron chi connectivity index (χ2n) is 3.92. The van der Waals surface area contributed by atoms with E-state index in [0.717, 1.165) is 0 Å². The van der Waals surface area contributed by atoms with E-state index in [1.165, 1.54) is 6.33 Å². The number of anilines is 1. The van der Waals surface area contributed by atoms with Gasteiger partial charge in [0.15, 0.2) is 6.61 Å². The van der Waals surface area contributed by atoms with Crippen LogP contribution < -0.4 is 15.4 Å². The maximum atomic E-state index is 11.7. The summed E-state index contributed by atoms with van der Waals surface area (Å²) in [4.78, 5) is 26.1. The van der Waals surface area contributed by atoms with Crippen LogP contribution in [-0.2, 0) is 11.3 Å². The lowest BCUT2D eigenvalue weighted by molar-refractivity contribution is -0.139. The van der Waals surface area contributed by atoms with Gasteiger partial charge in [0.05, 0.1) is 12.2 Å². The van der Waals surface area contributed by atoms with Crippen LogP contribution in [-0.4, -0.2) is 38.9 Å². The van der Waals surface area contributed by atoms with Gasteiger partial charge in [0.2, 0.25) is 0 Å². The smallest absolute Gasteiger partial charge is 0.341 e. The van der Waals surface area contributed by atoms with Crippen LogP contribution in [0.3, 0.4) is 0 Å². The van der Waals surface area contributed by atoms with Crippen LogP contribution in [0.25, 0.3) is 0 Å². The monoisotopic (exact) mass is 291 g/mol. The molecule has 0 unspecified atom stereocenters. The zero-order chi connectivity index (χ0) is 15.1. The quantitative estimate of drug-likeness (QED) is 0.616. The Morgan fingerprint density at radius 2 is 2.14 bits per heavy atom. The van der Waals surface area contributed by atoms with E-state index < -0.39 is 18.6 Å². The number of aromatic amines is 1. The lowest BCUT2D eigenvalue weighted by Crippen LogP contribution is -2.28. The molecular formula is C12H13N5O4. The third-order valence-corrected chi connectivity index (χ3v) is 2.37. The molecule has 2 aromatic rings. The number of nitrogens with one attached hydrogen (secondary N) is 3. The Labute approximate surface area is 119 Å². The molecular weight excluding hydrogens is 278 g/mol. The van der Waals surface area contributed by atoms with E-state index >= 15 is 0 Å². The number of para-hydroxylation sites is 2. The van der Waals surface area contributed by atoms with Crippen LogP contribution in [0.1, 0.15) is 5.82 Å². The number of carboxylic acid groups (broad SMARTS) is 1. The number of hydrogen-bond donors (Lipinski definition) is 4. The molecule has 1 aromatic heterocycles. The zero-order valence-electron chi connectivity index (χ0n) is 10.9. The largest absolute Gasteiger partial charge is 0.480 e. The molecule has 1 aromatic carbocycles. The second kappa shape index (κ2) is 6.89. The number of nitrogens with zero attached hydrogens (tertiary/aromatic N) is 2. The van der Waals surface area contributed by atoms with Crippen molar-refractivity contribution in [1.29, 1.82) is 0 Å². The van der Waals surface area contributed by atoms with Crippen molar-refractivity contribution >= 4 is 17.7 Å². The number of carbonyl (C=O) groups excluding carboxylic acids is 1. The number of benzene rings is 1. The van der Waals surface area contributed by atoms with Crippen molar-refractivity contribution in [2.45, 2.75) is 6.54 Å². The molecule has 0 bridgehead atoms. The molecule has 0 saturated carbocycles. The summed E-state index contributed by atoms with van der Waals surface area (Å²) in [6.45, 7) is -0.303. The predicted octanol–water partition coefficient (Wildman–Crippen LogP) is 0.590. The summed E-state index contributed by atoms with van der Waals surface area (Å²) in [5.41, 5.74) is 0.369. The molecule has 0 aliphatic carbocycles. The van der Waals surface area contributed by atoms with Crippen LogP contribution in [0.15, 0.2) is 30.6 Å². The van der Waals surface area contributed by atoms with E-state index in [9.17, 15) is 9.59 Å². The summed E-state index contributed by atoms with van der Waals surface area (Å²) in [6, 6.07) is 6.06. The highest BCUT2D eigenvalue weighted by atomic mass is 16.5. The van der Waals surface area contributed by atoms with Gasteiger partial charge in [-0.15, -0.1) is 0 Å². The molecule has 0 aliphatic heterocycles. The number of hydrogen-bond acceptors (Lipinski definition) is 5. The van der Waals surface area contributed by atoms with Crippen LogP contribution in [0, 0.1) is 0 Å². The summed E-state index contributed by atoms with van der Waals surface area (Å²) in [5.74, 6) is -0.310. The van der Waals surface area contributed by atoms with Crippen LogP contribution in [0.4, 0.5) is 10.5 Å². The molecule has 110 valence electrons. The topological polar surface area (TPSA) is 129 Å². The van der Waals surface area contributed by atoms with Gasteiger partial charge in [-0.2, -0.15) is 5.10 Å². The standard InChI is InChI=1S/C12H13N5O4/c18-11(19)6-21-9-4-2-1-3-8(9)16-12(20)13-5-10-14-7-15-17-10/h1-4,7H,5-6H2,(H,18,19)(H2,13,16,20)(H,14,15,17). The number of aliphatic carboxylic acids is 1. The first-order valence-electron chi connectivity index (χ1n) is 5.98. The number of carboxylic acids is 1. The molecule has 0 spiro atoms. The van der Waals surface area contributed by atoms with Gasteiger partial charge in [-0.25, -0.2) is 14.6 Å². The first-order chi connectivity index (χ1) is 10.1. The fraction of sp³-hybridized carbons (Fsp3) is 0.167. The van der Waals surface area contributed by atoms with Crippen molar-refractivity contribution in [2.75, 3.05) is 11.9 Å². The summed E-state index contributed by atoms with van der Waals surface area (Å²) in [6.07, 6.45) is 1.34. The summed E-state index contributed by atoms with van der Waals surface area (Å²) < 4.78 is 5.08. The number of carbonyl (C=O) groups is 2. The van der Waals surface area contributed by atoms with E-state index in [0.29, 0.717) is 11.5 Å². The van der Waals surface area contributed by atoms with Gasteiger partial charge >= 0.3 is 12.0 Å². The Bertz CT molecular complexity index is 614. The third kappa shape index (κ3) is 4.49.